The Morgan fingerprint density at radius 2 is 2.10 bits per heavy atom. The molecule has 2 N–H and O–H groups in total. The molecule has 0 amide bonds. The fraction of sp³-hybridized carbons (Fsp3) is 1.00. The largest absolute Gasteiger partial charge is 0.388 e. The van der Waals surface area contributed by atoms with E-state index in [2.05, 4.69) is 10.2 Å². The van der Waals surface area contributed by atoms with Crippen LogP contribution in [0.5, 0.6) is 0 Å². The highest BCUT2D eigenvalue weighted by Gasteiger charge is 2.41. The molecule has 2 aliphatic rings. The Balaban J connectivity index is 1.79. The Hall–Kier alpha value is -0.120. The van der Waals surface area contributed by atoms with Crippen molar-refractivity contribution in [2.75, 3.05) is 26.2 Å². The fourth-order valence-electron chi connectivity index (χ4n) is 1.62. The minimum absolute atomic E-state index is 0.393. The second-order valence-electron chi connectivity index (χ2n) is 3.71. The van der Waals surface area contributed by atoms with Crippen LogP contribution in [-0.2, 0) is 0 Å². The first-order chi connectivity index (χ1) is 4.67. The molecule has 0 aromatic rings. The van der Waals surface area contributed by atoms with Crippen LogP contribution in [0.25, 0.3) is 0 Å². The first kappa shape index (κ1) is 6.58. The fourth-order valence-corrected chi connectivity index (χ4v) is 1.62. The average Bonchev–Trinajstić information content (AvgIpc) is 1.54. The number of aliphatic hydroxyl groups is 1. The maximum absolute atomic E-state index is 9.39. The summed E-state index contributed by atoms with van der Waals surface area (Å²) in [5, 5.41) is 12.6. The lowest BCUT2D eigenvalue weighted by Gasteiger charge is -2.51. The molecule has 2 aliphatic heterocycles. The summed E-state index contributed by atoms with van der Waals surface area (Å²) >= 11 is 0. The van der Waals surface area contributed by atoms with Crippen LogP contribution in [0.15, 0.2) is 0 Å². The SMILES string of the molecule is CC1(O)CN(C2CNC2)C1. The predicted octanol–water partition coefficient (Wildman–Crippen LogP) is -0.975. The van der Waals surface area contributed by atoms with Gasteiger partial charge in [-0.25, -0.2) is 0 Å². The molecule has 2 fully saturated rings. The van der Waals surface area contributed by atoms with E-state index in [9.17, 15) is 5.11 Å². The van der Waals surface area contributed by atoms with Crippen molar-refractivity contribution in [3.63, 3.8) is 0 Å². The lowest BCUT2D eigenvalue weighted by Crippen LogP contribution is -2.69. The molecule has 0 aliphatic carbocycles. The zero-order chi connectivity index (χ0) is 7.19. The van der Waals surface area contributed by atoms with Gasteiger partial charge in [0.05, 0.1) is 5.60 Å². The summed E-state index contributed by atoms with van der Waals surface area (Å²) in [5.41, 5.74) is -0.393. The van der Waals surface area contributed by atoms with Crippen LogP contribution >= 0.6 is 0 Å². The molecule has 0 unspecified atom stereocenters. The van der Waals surface area contributed by atoms with E-state index in [0.717, 1.165) is 26.2 Å². The molecule has 0 atom stereocenters. The molecule has 0 bridgehead atoms. The van der Waals surface area contributed by atoms with Crippen molar-refractivity contribution < 1.29 is 5.11 Å². The monoisotopic (exact) mass is 142 g/mol. The van der Waals surface area contributed by atoms with Gasteiger partial charge in [-0.05, 0) is 6.92 Å². The van der Waals surface area contributed by atoms with Crippen molar-refractivity contribution in [2.45, 2.75) is 18.6 Å². The number of nitrogens with zero attached hydrogens (tertiary/aromatic N) is 1. The third-order valence-electron chi connectivity index (χ3n) is 2.36. The highest BCUT2D eigenvalue weighted by molar-refractivity contribution is 4.98. The smallest absolute Gasteiger partial charge is 0.0872 e. The normalized spacial score (nSPS) is 33.0. The molecule has 58 valence electrons. The zero-order valence-corrected chi connectivity index (χ0v) is 6.30. The predicted molar refractivity (Wildman–Crippen MR) is 38.9 cm³/mol. The maximum Gasteiger partial charge on any atom is 0.0872 e. The van der Waals surface area contributed by atoms with Crippen molar-refractivity contribution >= 4 is 0 Å². The number of likely N-dealkylation sites (tertiary alicyclic amines) is 1. The first-order valence-corrected chi connectivity index (χ1v) is 3.84. The summed E-state index contributed by atoms with van der Waals surface area (Å²) in [6.07, 6.45) is 0. The molecule has 2 heterocycles. The topological polar surface area (TPSA) is 35.5 Å². The van der Waals surface area contributed by atoms with E-state index in [4.69, 9.17) is 0 Å². The van der Waals surface area contributed by atoms with Gasteiger partial charge in [-0.2, -0.15) is 0 Å². The Morgan fingerprint density at radius 3 is 2.40 bits per heavy atom. The standard InChI is InChI=1S/C7H14N2O/c1-7(10)4-9(5-7)6-2-8-3-6/h6,8,10H,2-5H2,1H3. The molecule has 0 aromatic heterocycles. The van der Waals surface area contributed by atoms with Gasteiger partial charge >= 0.3 is 0 Å². The molecule has 0 saturated carbocycles. The molecule has 3 heteroatoms. The van der Waals surface area contributed by atoms with Crippen LogP contribution in [0, 0.1) is 0 Å². The van der Waals surface area contributed by atoms with Crippen molar-refractivity contribution in [3.05, 3.63) is 0 Å². The van der Waals surface area contributed by atoms with Gasteiger partial charge in [-0.3, -0.25) is 4.90 Å². The summed E-state index contributed by atoms with van der Waals surface area (Å²) < 4.78 is 0. The van der Waals surface area contributed by atoms with Gasteiger partial charge in [-0.15, -0.1) is 0 Å². The number of rotatable bonds is 1. The van der Waals surface area contributed by atoms with Crippen molar-refractivity contribution in [2.24, 2.45) is 0 Å². The van der Waals surface area contributed by atoms with Crippen molar-refractivity contribution in [3.8, 4) is 0 Å². The summed E-state index contributed by atoms with van der Waals surface area (Å²) in [5.74, 6) is 0. The minimum Gasteiger partial charge on any atom is -0.388 e. The Bertz CT molecular complexity index is 135. The molecule has 3 nitrogen and oxygen atoms in total. The number of nitrogens with one attached hydrogen (secondary N) is 1. The quantitative estimate of drug-likeness (QED) is 0.494. The summed E-state index contributed by atoms with van der Waals surface area (Å²) in [7, 11) is 0. The molecule has 10 heavy (non-hydrogen) atoms. The van der Waals surface area contributed by atoms with E-state index in [1.54, 1.807) is 0 Å². The lowest BCUT2D eigenvalue weighted by atomic mass is 9.93. The van der Waals surface area contributed by atoms with Gasteiger partial charge in [0.2, 0.25) is 0 Å². The molecular formula is C7H14N2O. The van der Waals surface area contributed by atoms with Crippen LogP contribution in [0.2, 0.25) is 0 Å². The second kappa shape index (κ2) is 1.94. The third-order valence-corrected chi connectivity index (χ3v) is 2.36. The Labute approximate surface area is 61.0 Å². The lowest BCUT2D eigenvalue weighted by molar-refractivity contribution is -0.109. The molecule has 0 radical (unpaired) electrons. The van der Waals surface area contributed by atoms with Crippen LogP contribution in [0.3, 0.4) is 0 Å². The number of hydrogen-bond donors (Lipinski definition) is 2. The number of hydrogen-bond acceptors (Lipinski definition) is 3. The van der Waals surface area contributed by atoms with E-state index in [1.165, 1.54) is 0 Å². The molecule has 0 spiro atoms. The van der Waals surface area contributed by atoms with Gasteiger partial charge in [0.25, 0.3) is 0 Å². The summed E-state index contributed by atoms with van der Waals surface area (Å²) in [4.78, 5) is 2.33. The molecule has 2 rings (SSSR count). The van der Waals surface area contributed by atoms with Crippen LogP contribution in [-0.4, -0.2) is 47.8 Å². The van der Waals surface area contributed by atoms with Crippen LogP contribution in [0.1, 0.15) is 6.92 Å². The minimum atomic E-state index is -0.393. The molecular weight excluding hydrogens is 128 g/mol. The van der Waals surface area contributed by atoms with Crippen molar-refractivity contribution in [1.29, 1.82) is 0 Å². The number of β-amino-alcohol motifs (C(OH)–C–C–N with tert-alkyl or cyclic N) is 1. The highest BCUT2D eigenvalue weighted by atomic mass is 16.3. The first-order valence-electron chi connectivity index (χ1n) is 3.84. The Kier molecular flexibility index (Phi) is 1.27. The maximum atomic E-state index is 9.39. The van der Waals surface area contributed by atoms with E-state index in [0.29, 0.717) is 6.04 Å². The van der Waals surface area contributed by atoms with Gasteiger partial charge < -0.3 is 10.4 Å². The highest BCUT2D eigenvalue weighted by Crippen LogP contribution is 2.23. The van der Waals surface area contributed by atoms with Gasteiger partial charge in [0, 0.05) is 32.2 Å². The van der Waals surface area contributed by atoms with Crippen LogP contribution < -0.4 is 5.32 Å². The second-order valence-corrected chi connectivity index (χ2v) is 3.71. The Morgan fingerprint density at radius 1 is 1.50 bits per heavy atom. The van der Waals surface area contributed by atoms with Gasteiger partial charge in [0.1, 0.15) is 0 Å². The summed E-state index contributed by atoms with van der Waals surface area (Å²) in [6, 6.07) is 0.709. The van der Waals surface area contributed by atoms with Gasteiger partial charge in [-0.1, -0.05) is 0 Å². The zero-order valence-electron chi connectivity index (χ0n) is 6.30. The molecule has 2 saturated heterocycles. The average molecular weight is 142 g/mol. The van der Waals surface area contributed by atoms with Crippen LogP contribution in [0.4, 0.5) is 0 Å². The van der Waals surface area contributed by atoms with Gasteiger partial charge in [0.15, 0.2) is 0 Å². The summed E-state index contributed by atoms with van der Waals surface area (Å²) in [6.45, 7) is 5.83. The van der Waals surface area contributed by atoms with E-state index in [1.807, 2.05) is 6.92 Å². The van der Waals surface area contributed by atoms with E-state index < -0.39 is 5.60 Å². The molecule has 0 aromatic carbocycles. The van der Waals surface area contributed by atoms with E-state index >= 15 is 0 Å². The third kappa shape index (κ3) is 0.944. The van der Waals surface area contributed by atoms with Crippen molar-refractivity contribution in [1.82, 2.24) is 10.2 Å². The van der Waals surface area contributed by atoms with E-state index in [-0.39, 0.29) is 0 Å².